The van der Waals surface area contributed by atoms with Crippen LogP contribution in [0, 0.1) is 13.8 Å². The third-order valence-electron chi connectivity index (χ3n) is 2.62. The Balaban J connectivity index is 2.32. The molecule has 18 heavy (non-hydrogen) atoms. The number of aromatic nitrogens is 1. The topological polar surface area (TPSA) is 76.6 Å². The summed E-state index contributed by atoms with van der Waals surface area (Å²) < 4.78 is 35.8. The summed E-state index contributed by atoms with van der Waals surface area (Å²) >= 11 is 0. The first-order valence-corrected chi connectivity index (χ1v) is 6.77. The van der Waals surface area contributed by atoms with Crippen LogP contribution in [0.5, 0.6) is 0 Å². The van der Waals surface area contributed by atoms with E-state index < -0.39 is 10.0 Å². The average Bonchev–Trinajstić information content (AvgIpc) is 2.89. The lowest BCUT2D eigenvalue weighted by atomic mass is 10.3. The van der Waals surface area contributed by atoms with E-state index in [-0.39, 0.29) is 11.4 Å². The summed E-state index contributed by atoms with van der Waals surface area (Å²) in [5.74, 6) is 0.298. The van der Waals surface area contributed by atoms with E-state index in [1.807, 2.05) is 0 Å². The summed E-state index contributed by atoms with van der Waals surface area (Å²) in [7, 11) is -2.09. The van der Waals surface area contributed by atoms with Gasteiger partial charge in [-0.3, -0.25) is 0 Å². The highest BCUT2D eigenvalue weighted by Gasteiger charge is 2.28. The summed E-state index contributed by atoms with van der Waals surface area (Å²) in [5, 5.41) is 3.66. The quantitative estimate of drug-likeness (QED) is 0.845. The average molecular weight is 270 g/mol. The number of aryl methyl sites for hydroxylation is 2. The van der Waals surface area contributed by atoms with Crippen LogP contribution < -0.4 is 0 Å². The van der Waals surface area contributed by atoms with Crippen molar-refractivity contribution in [2.75, 3.05) is 7.05 Å². The van der Waals surface area contributed by atoms with Crippen LogP contribution in [0.25, 0.3) is 0 Å². The van der Waals surface area contributed by atoms with Crippen LogP contribution in [0.4, 0.5) is 0 Å². The van der Waals surface area contributed by atoms with Gasteiger partial charge in [0, 0.05) is 19.2 Å². The lowest BCUT2D eigenvalue weighted by molar-refractivity contribution is 0.389. The van der Waals surface area contributed by atoms with Gasteiger partial charge in [-0.05, 0) is 19.9 Å². The lowest BCUT2D eigenvalue weighted by Crippen LogP contribution is -2.27. The van der Waals surface area contributed by atoms with E-state index >= 15 is 0 Å². The molecule has 0 bridgehead atoms. The molecule has 0 aliphatic carbocycles. The number of nitrogens with zero attached hydrogens (tertiary/aromatic N) is 2. The van der Waals surface area contributed by atoms with Crippen molar-refractivity contribution in [1.82, 2.24) is 9.46 Å². The minimum Gasteiger partial charge on any atom is -0.472 e. The molecule has 2 heterocycles. The molecule has 0 spiro atoms. The van der Waals surface area contributed by atoms with Crippen molar-refractivity contribution in [3.05, 3.63) is 35.6 Å². The molecule has 98 valence electrons. The maximum Gasteiger partial charge on any atom is 0.248 e. The maximum atomic E-state index is 12.4. The molecule has 0 saturated heterocycles. The van der Waals surface area contributed by atoms with E-state index in [2.05, 4.69) is 5.16 Å². The van der Waals surface area contributed by atoms with Crippen molar-refractivity contribution in [3.63, 3.8) is 0 Å². The number of furan rings is 1. The molecule has 0 N–H and O–H groups in total. The van der Waals surface area contributed by atoms with Crippen LogP contribution in [-0.2, 0) is 16.6 Å². The molecular formula is C11H14N2O4S. The van der Waals surface area contributed by atoms with Crippen molar-refractivity contribution in [1.29, 1.82) is 0 Å². The van der Waals surface area contributed by atoms with Crippen molar-refractivity contribution in [3.8, 4) is 0 Å². The van der Waals surface area contributed by atoms with Crippen molar-refractivity contribution in [2.45, 2.75) is 25.3 Å². The lowest BCUT2D eigenvalue weighted by Gasteiger charge is -2.15. The largest absolute Gasteiger partial charge is 0.472 e. The molecule has 0 fully saturated rings. The third-order valence-corrected chi connectivity index (χ3v) is 4.67. The Hall–Kier alpha value is -1.60. The highest BCUT2D eigenvalue weighted by atomic mass is 32.2. The number of hydrogen-bond donors (Lipinski definition) is 0. The summed E-state index contributed by atoms with van der Waals surface area (Å²) in [4.78, 5) is 0.133. The maximum absolute atomic E-state index is 12.4. The van der Waals surface area contributed by atoms with Crippen molar-refractivity contribution >= 4 is 10.0 Å². The molecule has 0 aliphatic heterocycles. The molecular weight excluding hydrogens is 256 g/mol. The Morgan fingerprint density at radius 1 is 1.39 bits per heavy atom. The molecule has 0 aliphatic rings. The molecule has 2 aromatic rings. The highest BCUT2D eigenvalue weighted by molar-refractivity contribution is 7.89. The first-order valence-electron chi connectivity index (χ1n) is 5.33. The van der Waals surface area contributed by atoms with Gasteiger partial charge in [0.2, 0.25) is 10.0 Å². The molecule has 0 aromatic carbocycles. The number of rotatable bonds is 4. The summed E-state index contributed by atoms with van der Waals surface area (Å²) in [6, 6.07) is 1.72. The van der Waals surface area contributed by atoms with Gasteiger partial charge >= 0.3 is 0 Å². The summed E-state index contributed by atoms with van der Waals surface area (Å²) in [6.45, 7) is 3.43. The predicted molar refractivity (Wildman–Crippen MR) is 63.3 cm³/mol. The van der Waals surface area contributed by atoms with Crippen LogP contribution in [0.15, 0.2) is 32.4 Å². The molecule has 0 atom stereocenters. The monoisotopic (exact) mass is 270 g/mol. The van der Waals surface area contributed by atoms with Gasteiger partial charge in [-0.1, -0.05) is 5.16 Å². The fourth-order valence-electron chi connectivity index (χ4n) is 1.72. The smallest absolute Gasteiger partial charge is 0.248 e. The molecule has 2 rings (SSSR count). The van der Waals surface area contributed by atoms with E-state index in [9.17, 15) is 8.42 Å². The van der Waals surface area contributed by atoms with E-state index in [0.717, 1.165) is 5.56 Å². The molecule has 0 unspecified atom stereocenters. The van der Waals surface area contributed by atoms with Crippen LogP contribution in [0.1, 0.15) is 17.0 Å². The first kappa shape index (κ1) is 12.8. The van der Waals surface area contributed by atoms with Gasteiger partial charge in [0.1, 0.15) is 10.6 Å². The van der Waals surface area contributed by atoms with Gasteiger partial charge in [-0.25, -0.2) is 8.42 Å². The van der Waals surface area contributed by atoms with E-state index in [0.29, 0.717) is 11.5 Å². The van der Waals surface area contributed by atoms with Gasteiger partial charge in [0.15, 0.2) is 5.76 Å². The van der Waals surface area contributed by atoms with E-state index in [1.165, 1.54) is 23.9 Å². The minimum atomic E-state index is -3.60. The van der Waals surface area contributed by atoms with Gasteiger partial charge in [0.25, 0.3) is 0 Å². The van der Waals surface area contributed by atoms with Gasteiger partial charge in [-0.2, -0.15) is 4.31 Å². The van der Waals surface area contributed by atoms with Crippen LogP contribution in [0.2, 0.25) is 0 Å². The Labute approximate surface area is 105 Å². The second kappa shape index (κ2) is 4.58. The van der Waals surface area contributed by atoms with Gasteiger partial charge in [0.05, 0.1) is 12.5 Å². The normalized spacial score (nSPS) is 12.2. The van der Waals surface area contributed by atoms with Gasteiger partial charge < -0.3 is 8.94 Å². The van der Waals surface area contributed by atoms with E-state index in [4.69, 9.17) is 8.94 Å². The first-order chi connectivity index (χ1) is 8.43. The van der Waals surface area contributed by atoms with Crippen molar-refractivity contribution in [2.24, 2.45) is 0 Å². The molecule has 7 heteroatoms. The minimum absolute atomic E-state index is 0.133. The SMILES string of the molecule is Cc1noc(C)c1S(=O)(=O)N(C)Cc1ccoc1. The molecule has 0 amide bonds. The summed E-state index contributed by atoms with van der Waals surface area (Å²) in [6.07, 6.45) is 3.02. The zero-order chi connectivity index (χ0) is 13.3. The van der Waals surface area contributed by atoms with Crippen LogP contribution >= 0.6 is 0 Å². The molecule has 2 aromatic heterocycles. The molecule has 0 saturated carbocycles. The fraction of sp³-hybridized carbons (Fsp3) is 0.364. The van der Waals surface area contributed by atoms with Gasteiger partial charge in [-0.15, -0.1) is 0 Å². The fourth-order valence-corrected chi connectivity index (χ4v) is 3.17. The highest BCUT2D eigenvalue weighted by Crippen LogP contribution is 2.23. The third kappa shape index (κ3) is 2.19. The van der Waals surface area contributed by atoms with Crippen LogP contribution in [-0.4, -0.2) is 24.9 Å². The van der Waals surface area contributed by atoms with Crippen molar-refractivity contribution < 1.29 is 17.4 Å². The second-order valence-corrected chi connectivity index (χ2v) is 6.03. The Morgan fingerprint density at radius 3 is 2.61 bits per heavy atom. The number of hydrogen-bond acceptors (Lipinski definition) is 5. The molecule has 0 radical (unpaired) electrons. The second-order valence-electron chi connectivity index (χ2n) is 4.05. The predicted octanol–water partition coefficient (Wildman–Crippen LogP) is 1.71. The zero-order valence-corrected chi connectivity index (χ0v) is 11.2. The Morgan fingerprint density at radius 2 is 2.11 bits per heavy atom. The zero-order valence-electron chi connectivity index (χ0n) is 10.4. The standard InChI is InChI=1S/C11H14N2O4S/c1-8-11(9(2)17-12-8)18(14,15)13(3)6-10-4-5-16-7-10/h4-5,7H,6H2,1-3H3. The number of sulfonamides is 1. The summed E-state index contributed by atoms with van der Waals surface area (Å²) in [5.41, 5.74) is 1.15. The Bertz CT molecular complexity index is 609. The Kier molecular flexibility index (Phi) is 3.27. The van der Waals surface area contributed by atoms with Crippen LogP contribution in [0.3, 0.4) is 0 Å². The van der Waals surface area contributed by atoms with E-state index in [1.54, 1.807) is 19.9 Å². The molecule has 6 nitrogen and oxygen atoms in total.